The zero-order chi connectivity index (χ0) is 24.8. The van der Waals surface area contributed by atoms with E-state index >= 15 is 0 Å². The standard InChI is InChI=1S/C10H14N2O4.C5H4N4O.C5H4N4.H3N/c1-6-4-12(10(15)11-9(6)14)8-3-2-7(5-13)16-8;10-5-3-4(7-1-6-3)8-2-9-5;1-4-5(8-2-6-1)9-3-7-4;/h4,7-8,13H,2-3,5H2,1H3,(H,11,14,15);1-2H,(H2,6,7,8,9,10);1-3H,(H,6,7,8,9);1H3/t7-,8+;;;/m0.../s1. The first-order valence-electron chi connectivity index (χ1n) is 10.5. The van der Waals surface area contributed by atoms with E-state index in [4.69, 9.17) is 9.84 Å². The fourth-order valence-corrected chi connectivity index (χ4v) is 3.29. The number of rotatable bonds is 2. The Morgan fingerprint density at radius 3 is 2.42 bits per heavy atom. The van der Waals surface area contributed by atoms with Crippen molar-refractivity contribution in [3.8, 4) is 0 Å². The van der Waals surface area contributed by atoms with Crippen molar-refractivity contribution in [2.45, 2.75) is 32.1 Å². The van der Waals surface area contributed by atoms with Crippen LogP contribution in [0.3, 0.4) is 0 Å². The number of aromatic amines is 4. The molecule has 6 heterocycles. The van der Waals surface area contributed by atoms with Gasteiger partial charge < -0.3 is 30.9 Å². The summed E-state index contributed by atoms with van der Waals surface area (Å²) in [6, 6.07) is 0. The van der Waals surface area contributed by atoms with Gasteiger partial charge in [-0.25, -0.2) is 29.7 Å². The third kappa shape index (κ3) is 5.93. The van der Waals surface area contributed by atoms with Gasteiger partial charge in [0.1, 0.15) is 18.1 Å². The van der Waals surface area contributed by atoms with Crippen LogP contribution < -0.4 is 23.0 Å². The Hall–Kier alpha value is -4.54. The lowest BCUT2D eigenvalue weighted by atomic mass is 10.2. The topological polar surface area (TPSA) is 248 Å². The molecule has 0 bridgehead atoms. The fraction of sp³-hybridized carbons (Fsp3) is 0.300. The number of ether oxygens (including phenoxy) is 1. The molecule has 0 radical (unpaired) electrons. The quantitative estimate of drug-likeness (QED) is 0.183. The minimum atomic E-state index is -0.473. The molecule has 16 heteroatoms. The number of nitrogens with one attached hydrogen (secondary N) is 4. The first kappa shape index (κ1) is 26.1. The zero-order valence-corrected chi connectivity index (χ0v) is 19.2. The van der Waals surface area contributed by atoms with Crippen LogP contribution in [0.15, 0.2) is 52.1 Å². The monoisotopic (exact) mass is 499 g/mol. The van der Waals surface area contributed by atoms with Gasteiger partial charge in [0.2, 0.25) is 0 Å². The molecule has 0 aromatic carbocycles. The van der Waals surface area contributed by atoms with E-state index in [2.05, 4.69) is 44.9 Å². The average Bonchev–Trinajstić information content (AvgIpc) is 3.63. The number of hydrogen-bond acceptors (Lipinski definition) is 11. The lowest BCUT2D eigenvalue weighted by molar-refractivity contribution is -0.0247. The van der Waals surface area contributed by atoms with Gasteiger partial charge in [-0.15, -0.1) is 0 Å². The number of H-pyrrole nitrogens is 4. The maximum atomic E-state index is 11.5. The molecule has 0 unspecified atom stereocenters. The first-order chi connectivity index (χ1) is 17.0. The number of imidazole rings is 2. The molecule has 1 aliphatic rings. The van der Waals surface area contributed by atoms with Crippen molar-refractivity contribution in [2.75, 3.05) is 6.61 Å². The molecule has 2 atom stereocenters. The summed E-state index contributed by atoms with van der Waals surface area (Å²) in [5.41, 5.74) is 1.88. The van der Waals surface area contributed by atoms with Crippen LogP contribution >= 0.6 is 0 Å². The fourth-order valence-electron chi connectivity index (χ4n) is 3.29. The molecule has 0 saturated carbocycles. The molecule has 0 aliphatic carbocycles. The summed E-state index contributed by atoms with van der Waals surface area (Å²) in [6.45, 7) is 1.58. The van der Waals surface area contributed by atoms with Gasteiger partial charge >= 0.3 is 5.69 Å². The van der Waals surface area contributed by atoms with Crippen LogP contribution in [-0.2, 0) is 4.74 Å². The minimum absolute atomic E-state index is 0. The van der Waals surface area contributed by atoms with Crippen molar-refractivity contribution < 1.29 is 9.84 Å². The van der Waals surface area contributed by atoms with Crippen molar-refractivity contribution in [3.63, 3.8) is 0 Å². The van der Waals surface area contributed by atoms with Crippen LogP contribution in [0.2, 0.25) is 0 Å². The molecule has 8 N–H and O–H groups in total. The highest BCUT2D eigenvalue weighted by molar-refractivity contribution is 5.67. The number of aliphatic hydroxyl groups excluding tert-OH is 1. The summed E-state index contributed by atoms with van der Waals surface area (Å²) >= 11 is 0. The smallest absolute Gasteiger partial charge is 0.330 e. The molecule has 6 rings (SSSR count). The highest BCUT2D eigenvalue weighted by Crippen LogP contribution is 2.26. The third-order valence-corrected chi connectivity index (χ3v) is 5.07. The number of nitrogens with zero attached hydrogens (tertiary/aromatic N) is 6. The highest BCUT2D eigenvalue weighted by atomic mass is 16.5. The molecule has 190 valence electrons. The van der Waals surface area contributed by atoms with Gasteiger partial charge in [-0.3, -0.25) is 19.1 Å². The van der Waals surface area contributed by atoms with E-state index in [1.54, 1.807) is 19.4 Å². The van der Waals surface area contributed by atoms with E-state index in [-0.39, 0.29) is 36.2 Å². The van der Waals surface area contributed by atoms with Gasteiger partial charge in [0.05, 0.1) is 37.9 Å². The molecule has 16 nitrogen and oxygen atoms in total. The zero-order valence-electron chi connectivity index (χ0n) is 19.2. The van der Waals surface area contributed by atoms with Crippen molar-refractivity contribution in [1.29, 1.82) is 0 Å². The molecule has 5 aromatic rings. The van der Waals surface area contributed by atoms with E-state index in [1.807, 2.05) is 0 Å². The van der Waals surface area contributed by atoms with Gasteiger partial charge in [0.15, 0.2) is 16.8 Å². The largest absolute Gasteiger partial charge is 0.394 e. The van der Waals surface area contributed by atoms with Gasteiger partial charge in [0.25, 0.3) is 11.1 Å². The summed E-state index contributed by atoms with van der Waals surface area (Å²) in [5.74, 6) is 0. The van der Waals surface area contributed by atoms with Gasteiger partial charge in [-0.05, 0) is 19.8 Å². The van der Waals surface area contributed by atoms with Crippen molar-refractivity contribution in [2.24, 2.45) is 0 Å². The van der Waals surface area contributed by atoms with Crippen LogP contribution in [0, 0.1) is 6.92 Å². The molecule has 1 saturated heterocycles. The predicted molar refractivity (Wildman–Crippen MR) is 128 cm³/mol. The van der Waals surface area contributed by atoms with E-state index in [1.165, 1.54) is 29.7 Å². The summed E-state index contributed by atoms with van der Waals surface area (Å²) in [7, 11) is 0. The highest BCUT2D eigenvalue weighted by Gasteiger charge is 2.26. The Kier molecular flexibility index (Phi) is 8.50. The van der Waals surface area contributed by atoms with E-state index in [0.717, 1.165) is 5.52 Å². The second kappa shape index (κ2) is 11.7. The number of aryl methyl sites for hydroxylation is 1. The first-order valence-corrected chi connectivity index (χ1v) is 10.5. The van der Waals surface area contributed by atoms with E-state index < -0.39 is 5.69 Å². The average molecular weight is 499 g/mol. The molecule has 1 aliphatic heterocycles. The number of aliphatic hydroxyl groups is 1. The summed E-state index contributed by atoms with van der Waals surface area (Å²) in [4.78, 5) is 63.0. The lowest BCUT2D eigenvalue weighted by Crippen LogP contribution is -2.33. The van der Waals surface area contributed by atoms with Crippen LogP contribution in [0.1, 0.15) is 24.6 Å². The maximum absolute atomic E-state index is 11.5. The lowest BCUT2D eigenvalue weighted by Gasteiger charge is -2.14. The van der Waals surface area contributed by atoms with Crippen LogP contribution in [0.5, 0.6) is 0 Å². The number of fused-ring (bicyclic) bond motifs is 2. The number of hydrogen-bond donors (Lipinski definition) is 6. The maximum Gasteiger partial charge on any atom is 0.330 e. The van der Waals surface area contributed by atoms with E-state index in [0.29, 0.717) is 35.2 Å². The predicted octanol–water partition coefficient (Wildman–Crippen LogP) is -0.324. The van der Waals surface area contributed by atoms with Crippen molar-refractivity contribution >= 4 is 22.3 Å². The Bertz CT molecular complexity index is 1550. The molecular formula is C20H25N11O5. The molecule has 5 aromatic heterocycles. The second-order valence-electron chi connectivity index (χ2n) is 7.45. The Morgan fingerprint density at radius 1 is 1.00 bits per heavy atom. The molecule has 0 spiro atoms. The summed E-state index contributed by atoms with van der Waals surface area (Å²) in [5, 5.41) is 8.93. The van der Waals surface area contributed by atoms with Gasteiger partial charge in [-0.2, -0.15) is 0 Å². The molecule has 36 heavy (non-hydrogen) atoms. The van der Waals surface area contributed by atoms with Crippen molar-refractivity contribution in [3.05, 3.63) is 74.5 Å². The van der Waals surface area contributed by atoms with Crippen LogP contribution in [0.25, 0.3) is 22.3 Å². The molecule has 1 fully saturated rings. The van der Waals surface area contributed by atoms with Crippen LogP contribution in [-0.4, -0.2) is 67.2 Å². The Balaban J connectivity index is 0.000000156. The normalized spacial score (nSPS) is 16.5. The Labute approximate surface area is 201 Å². The summed E-state index contributed by atoms with van der Waals surface area (Å²) < 4.78 is 6.83. The Morgan fingerprint density at radius 2 is 1.72 bits per heavy atom. The molecule has 0 amide bonds. The van der Waals surface area contributed by atoms with Crippen LogP contribution in [0.4, 0.5) is 0 Å². The van der Waals surface area contributed by atoms with Crippen molar-refractivity contribution in [1.82, 2.24) is 55.6 Å². The minimum Gasteiger partial charge on any atom is -0.394 e. The van der Waals surface area contributed by atoms with E-state index in [9.17, 15) is 14.4 Å². The SMILES string of the molecule is Cc1cn([C@H]2CC[C@@H](CO)O2)c(=O)[nH]c1=O.N.O=c1[nH]cnc2nc[nH]c12.c1ncc2[nH]cnc2n1. The second-order valence-corrected chi connectivity index (χ2v) is 7.45. The number of aromatic nitrogens is 10. The molecular weight excluding hydrogens is 474 g/mol. The third-order valence-electron chi connectivity index (χ3n) is 5.07. The summed E-state index contributed by atoms with van der Waals surface area (Å²) in [6.07, 6.45) is 9.79. The van der Waals surface area contributed by atoms with Gasteiger partial charge in [-0.1, -0.05) is 0 Å². The van der Waals surface area contributed by atoms with Gasteiger partial charge in [0, 0.05) is 11.8 Å².